The maximum absolute atomic E-state index is 9.32. The molecule has 0 saturated heterocycles. The van der Waals surface area contributed by atoms with Crippen molar-refractivity contribution in [1.29, 1.82) is 0 Å². The summed E-state index contributed by atoms with van der Waals surface area (Å²) in [5, 5.41) is 9.32. The maximum atomic E-state index is 9.32. The molecular weight excluding hydrogens is 244 g/mol. The Labute approximate surface area is 93.0 Å². The summed E-state index contributed by atoms with van der Waals surface area (Å²) in [5.41, 5.74) is 2.22. The number of hydrogen-bond donors (Lipinski definition) is 1. The molecule has 1 aromatic rings. The van der Waals surface area contributed by atoms with E-state index >= 15 is 0 Å². The van der Waals surface area contributed by atoms with Crippen LogP contribution in [-0.2, 0) is 6.42 Å². The number of ether oxygens (including phenoxy) is 1. The minimum atomic E-state index is -0.335. The molecule has 0 aliphatic rings. The zero-order valence-electron chi connectivity index (χ0n) is 8.67. The second-order valence-electron chi connectivity index (χ2n) is 3.49. The third-order valence-corrected chi connectivity index (χ3v) is 2.89. The zero-order chi connectivity index (χ0) is 10.7. The topological polar surface area (TPSA) is 29.5 Å². The Morgan fingerprint density at radius 2 is 2.14 bits per heavy atom. The Morgan fingerprint density at radius 1 is 1.50 bits per heavy atom. The summed E-state index contributed by atoms with van der Waals surface area (Å²) < 4.78 is 6.16. The zero-order valence-corrected chi connectivity index (χ0v) is 10.3. The lowest BCUT2D eigenvalue weighted by Crippen LogP contribution is -2.05. The summed E-state index contributed by atoms with van der Waals surface area (Å²) in [5.74, 6) is 0.820. The number of rotatable bonds is 3. The first-order chi connectivity index (χ1) is 6.54. The van der Waals surface area contributed by atoms with Crippen molar-refractivity contribution in [3.8, 4) is 5.75 Å². The van der Waals surface area contributed by atoms with Crippen molar-refractivity contribution in [3.05, 3.63) is 27.7 Å². The van der Waals surface area contributed by atoms with Gasteiger partial charge in [-0.2, -0.15) is 0 Å². The fraction of sp³-hybridized carbons (Fsp3) is 0.455. The lowest BCUT2D eigenvalue weighted by Gasteiger charge is -2.11. The second-order valence-corrected chi connectivity index (χ2v) is 4.29. The molecule has 0 bridgehead atoms. The Morgan fingerprint density at radius 3 is 2.64 bits per heavy atom. The van der Waals surface area contributed by atoms with E-state index in [1.54, 1.807) is 14.0 Å². The highest BCUT2D eigenvalue weighted by Gasteiger charge is 2.09. The number of aryl methyl sites for hydroxylation is 1. The maximum Gasteiger partial charge on any atom is 0.133 e. The van der Waals surface area contributed by atoms with E-state index in [1.165, 1.54) is 0 Å². The molecule has 0 aliphatic carbocycles. The molecule has 1 aromatic carbocycles. The SMILES string of the molecule is COc1cc(C)cc(CC(C)O)c1Br. The molecular formula is C11H15BrO2. The predicted molar refractivity (Wildman–Crippen MR) is 60.8 cm³/mol. The number of benzene rings is 1. The van der Waals surface area contributed by atoms with Gasteiger partial charge in [-0.15, -0.1) is 0 Å². The Hall–Kier alpha value is -0.540. The molecule has 0 aromatic heterocycles. The van der Waals surface area contributed by atoms with E-state index in [0.29, 0.717) is 6.42 Å². The van der Waals surface area contributed by atoms with Gasteiger partial charge in [0.2, 0.25) is 0 Å². The lowest BCUT2D eigenvalue weighted by molar-refractivity contribution is 0.195. The van der Waals surface area contributed by atoms with Gasteiger partial charge in [-0.05, 0) is 53.4 Å². The summed E-state index contributed by atoms with van der Waals surface area (Å²) in [6.45, 7) is 3.79. The molecule has 0 radical (unpaired) electrons. The van der Waals surface area contributed by atoms with E-state index in [0.717, 1.165) is 21.3 Å². The van der Waals surface area contributed by atoms with Crippen LogP contribution < -0.4 is 4.74 Å². The molecule has 0 amide bonds. The third kappa shape index (κ3) is 2.72. The molecule has 0 aliphatic heterocycles. The van der Waals surface area contributed by atoms with E-state index in [9.17, 15) is 5.11 Å². The molecule has 78 valence electrons. The fourth-order valence-electron chi connectivity index (χ4n) is 1.42. The molecule has 0 spiro atoms. The van der Waals surface area contributed by atoms with Crippen LogP contribution in [0.1, 0.15) is 18.1 Å². The molecule has 2 nitrogen and oxygen atoms in total. The molecule has 1 atom stereocenters. The first kappa shape index (κ1) is 11.5. The van der Waals surface area contributed by atoms with Gasteiger partial charge in [0.15, 0.2) is 0 Å². The van der Waals surface area contributed by atoms with Gasteiger partial charge in [0.25, 0.3) is 0 Å². The van der Waals surface area contributed by atoms with Crippen LogP contribution in [-0.4, -0.2) is 18.3 Å². The molecule has 0 heterocycles. The highest BCUT2D eigenvalue weighted by Crippen LogP contribution is 2.30. The van der Waals surface area contributed by atoms with E-state index in [1.807, 2.05) is 13.0 Å². The van der Waals surface area contributed by atoms with Gasteiger partial charge in [0.05, 0.1) is 17.7 Å². The average molecular weight is 259 g/mol. The number of aliphatic hydroxyl groups excluding tert-OH is 1. The van der Waals surface area contributed by atoms with Crippen molar-refractivity contribution >= 4 is 15.9 Å². The summed E-state index contributed by atoms with van der Waals surface area (Å²) >= 11 is 3.47. The molecule has 1 unspecified atom stereocenters. The first-order valence-electron chi connectivity index (χ1n) is 4.55. The third-order valence-electron chi connectivity index (χ3n) is 1.99. The largest absolute Gasteiger partial charge is 0.496 e. The van der Waals surface area contributed by atoms with E-state index in [4.69, 9.17) is 4.74 Å². The van der Waals surface area contributed by atoms with Crippen molar-refractivity contribution in [2.24, 2.45) is 0 Å². The van der Waals surface area contributed by atoms with E-state index in [2.05, 4.69) is 22.0 Å². The first-order valence-corrected chi connectivity index (χ1v) is 5.35. The standard InChI is InChI=1S/C11H15BrO2/c1-7-4-9(6-8(2)13)11(12)10(5-7)14-3/h4-5,8,13H,6H2,1-3H3. The van der Waals surface area contributed by atoms with Crippen LogP contribution in [0.3, 0.4) is 0 Å². The molecule has 3 heteroatoms. The van der Waals surface area contributed by atoms with Crippen LogP contribution in [0.15, 0.2) is 16.6 Å². The second kappa shape index (κ2) is 4.80. The van der Waals surface area contributed by atoms with Crippen LogP contribution in [0.4, 0.5) is 0 Å². The highest BCUT2D eigenvalue weighted by molar-refractivity contribution is 9.10. The predicted octanol–water partition coefficient (Wildman–Crippen LogP) is 2.69. The van der Waals surface area contributed by atoms with Gasteiger partial charge in [0.1, 0.15) is 5.75 Å². The minimum Gasteiger partial charge on any atom is -0.496 e. The highest BCUT2D eigenvalue weighted by atomic mass is 79.9. The molecule has 1 rings (SSSR count). The number of methoxy groups -OCH3 is 1. The van der Waals surface area contributed by atoms with E-state index < -0.39 is 0 Å². The van der Waals surface area contributed by atoms with Gasteiger partial charge >= 0.3 is 0 Å². The van der Waals surface area contributed by atoms with Gasteiger partial charge in [-0.3, -0.25) is 0 Å². The normalized spacial score (nSPS) is 12.6. The van der Waals surface area contributed by atoms with E-state index in [-0.39, 0.29) is 6.10 Å². The van der Waals surface area contributed by atoms with Gasteiger partial charge in [0, 0.05) is 0 Å². The number of halogens is 1. The summed E-state index contributed by atoms with van der Waals surface area (Å²) in [4.78, 5) is 0. The molecule has 1 N–H and O–H groups in total. The summed E-state index contributed by atoms with van der Waals surface area (Å²) in [6.07, 6.45) is 0.302. The average Bonchev–Trinajstić information content (AvgIpc) is 2.09. The number of hydrogen-bond acceptors (Lipinski definition) is 2. The Balaban J connectivity index is 3.08. The van der Waals surface area contributed by atoms with Gasteiger partial charge in [-0.25, -0.2) is 0 Å². The van der Waals surface area contributed by atoms with Crippen LogP contribution in [0.5, 0.6) is 5.75 Å². The van der Waals surface area contributed by atoms with Crippen molar-refractivity contribution in [1.82, 2.24) is 0 Å². The van der Waals surface area contributed by atoms with Gasteiger partial charge < -0.3 is 9.84 Å². The van der Waals surface area contributed by atoms with Gasteiger partial charge in [-0.1, -0.05) is 6.07 Å². The fourth-order valence-corrected chi connectivity index (χ4v) is 1.98. The quantitative estimate of drug-likeness (QED) is 0.904. The van der Waals surface area contributed by atoms with Crippen LogP contribution >= 0.6 is 15.9 Å². The number of aliphatic hydroxyl groups is 1. The minimum absolute atomic E-state index is 0.335. The Bertz CT molecular complexity index is 321. The molecule has 0 fully saturated rings. The molecule has 14 heavy (non-hydrogen) atoms. The molecule has 0 saturated carbocycles. The van der Waals surface area contributed by atoms with Crippen molar-refractivity contribution in [2.45, 2.75) is 26.4 Å². The van der Waals surface area contributed by atoms with Crippen molar-refractivity contribution < 1.29 is 9.84 Å². The van der Waals surface area contributed by atoms with Crippen molar-refractivity contribution in [2.75, 3.05) is 7.11 Å². The van der Waals surface area contributed by atoms with Crippen LogP contribution in [0.25, 0.3) is 0 Å². The lowest BCUT2D eigenvalue weighted by atomic mass is 10.1. The van der Waals surface area contributed by atoms with Crippen LogP contribution in [0, 0.1) is 6.92 Å². The van der Waals surface area contributed by atoms with Crippen LogP contribution in [0.2, 0.25) is 0 Å². The smallest absolute Gasteiger partial charge is 0.133 e. The van der Waals surface area contributed by atoms with Crippen molar-refractivity contribution in [3.63, 3.8) is 0 Å². The Kier molecular flexibility index (Phi) is 3.96. The summed E-state index contributed by atoms with van der Waals surface area (Å²) in [7, 11) is 1.64. The monoisotopic (exact) mass is 258 g/mol. The summed E-state index contributed by atoms with van der Waals surface area (Å²) in [6, 6.07) is 4.02.